The molecule has 1 fully saturated rings. The van der Waals surface area contributed by atoms with Crippen LogP contribution in [0.2, 0.25) is 0 Å². The van der Waals surface area contributed by atoms with Crippen LogP contribution in [0.5, 0.6) is 17.4 Å². The van der Waals surface area contributed by atoms with Gasteiger partial charge in [0.15, 0.2) is 0 Å². The van der Waals surface area contributed by atoms with Gasteiger partial charge < -0.3 is 20.1 Å². The van der Waals surface area contributed by atoms with Crippen molar-refractivity contribution in [1.29, 1.82) is 0 Å². The molecule has 28 heavy (non-hydrogen) atoms. The molecule has 1 amide bonds. The van der Waals surface area contributed by atoms with E-state index >= 15 is 0 Å². The fourth-order valence-corrected chi connectivity index (χ4v) is 3.36. The van der Waals surface area contributed by atoms with Gasteiger partial charge in [0, 0.05) is 36.8 Å². The molecule has 150 valence electrons. The highest BCUT2D eigenvalue weighted by molar-refractivity contribution is 5.85. The van der Waals surface area contributed by atoms with Crippen LogP contribution >= 0.6 is 0 Å². The van der Waals surface area contributed by atoms with E-state index in [2.05, 4.69) is 9.97 Å². The van der Waals surface area contributed by atoms with Crippen LogP contribution in [0.1, 0.15) is 44.1 Å². The molecule has 1 aliphatic rings. The maximum Gasteiger partial charge on any atom is 0.242 e. The summed E-state index contributed by atoms with van der Waals surface area (Å²) in [5, 5.41) is 0. The summed E-state index contributed by atoms with van der Waals surface area (Å²) in [7, 11) is 1.62. The Labute approximate surface area is 165 Å². The Bertz CT molecular complexity index is 848. The molecule has 7 nitrogen and oxygen atoms in total. The minimum Gasteiger partial charge on any atom is -0.497 e. The van der Waals surface area contributed by atoms with Gasteiger partial charge in [0.1, 0.15) is 17.3 Å². The van der Waals surface area contributed by atoms with Gasteiger partial charge in [-0.2, -0.15) is 4.98 Å². The smallest absolute Gasteiger partial charge is 0.242 e. The monoisotopic (exact) mass is 384 g/mol. The number of aryl methyl sites for hydroxylation is 1. The van der Waals surface area contributed by atoms with Crippen LogP contribution in [0.3, 0.4) is 0 Å². The number of piperidine rings is 1. The highest BCUT2D eigenvalue weighted by Crippen LogP contribution is 2.29. The number of nitrogens with zero attached hydrogens (tertiary/aromatic N) is 3. The molecule has 2 heterocycles. The van der Waals surface area contributed by atoms with Crippen molar-refractivity contribution < 1.29 is 14.3 Å². The molecule has 1 atom stereocenters. The highest BCUT2D eigenvalue weighted by atomic mass is 16.5. The van der Waals surface area contributed by atoms with Crippen LogP contribution in [0, 0.1) is 6.92 Å². The first-order chi connectivity index (χ1) is 13.3. The number of likely N-dealkylation sites (tertiary alicyclic amines) is 1. The van der Waals surface area contributed by atoms with E-state index in [1.54, 1.807) is 27.0 Å². The van der Waals surface area contributed by atoms with E-state index in [9.17, 15) is 4.79 Å². The molecule has 0 saturated carbocycles. The molecular weight excluding hydrogens is 356 g/mol. The van der Waals surface area contributed by atoms with E-state index < -0.39 is 5.54 Å². The Morgan fingerprint density at radius 2 is 2.00 bits per heavy atom. The first kappa shape index (κ1) is 20.1. The normalized spacial score (nSPS) is 17.3. The molecule has 0 spiro atoms. The molecule has 7 heteroatoms. The summed E-state index contributed by atoms with van der Waals surface area (Å²) >= 11 is 0. The van der Waals surface area contributed by atoms with Crippen LogP contribution in [-0.4, -0.2) is 46.5 Å². The predicted molar refractivity (Wildman–Crippen MR) is 107 cm³/mol. The molecule has 1 unspecified atom stereocenters. The zero-order valence-electron chi connectivity index (χ0n) is 16.9. The van der Waals surface area contributed by atoms with Crippen molar-refractivity contribution in [3.8, 4) is 17.4 Å². The molecule has 2 N–H and O–H groups in total. The van der Waals surface area contributed by atoms with Gasteiger partial charge in [0.2, 0.25) is 11.8 Å². The van der Waals surface area contributed by atoms with Gasteiger partial charge in [-0.15, -0.1) is 0 Å². The SMILES string of the molecule is COc1cccc(Oc2cc(C)nc(C3CCCN(C(=O)C(C)(C)N)C3)n2)c1. The average Bonchev–Trinajstić information content (AvgIpc) is 2.66. The number of methoxy groups -OCH3 is 1. The molecule has 1 aromatic heterocycles. The van der Waals surface area contributed by atoms with Gasteiger partial charge in [0.25, 0.3) is 0 Å². The lowest BCUT2D eigenvalue weighted by Gasteiger charge is -2.35. The van der Waals surface area contributed by atoms with Crippen molar-refractivity contribution in [2.24, 2.45) is 5.73 Å². The van der Waals surface area contributed by atoms with Crippen molar-refractivity contribution in [1.82, 2.24) is 14.9 Å². The van der Waals surface area contributed by atoms with E-state index in [1.165, 1.54) is 0 Å². The number of aromatic nitrogens is 2. The Balaban J connectivity index is 1.79. The Morgan fingerprint density at radius 3 is 2.71 bits per heavy atom. The zero-order valence-corrected chi connectivity index (χ0v) is 16.9. The average molecular weight is 384 g/mol. The summed E-state index contributed by atoms with van der Waals surface area (Å²) in [5.41, 5.74) is 5.94. The second kappa shape index (κ2) is 8.14. The van der Waals surface area contributed by atoms with Gasteiger partial charge in [-0.25, -0.2) is 4.98 Å². The summed E-state index contributed by atoms with van der Waals surface area (Å²) in [4.78, 5) is 23.6. The van der Waals surface area contributed by atoms with Crippen molar-refractivity contribution in [2.75, 3.05) is 20.2 Å². The summed E-state index contributed by atoms with van der Waals surface area (Å²) in [6.45, 7) is 6.68. The molecule has 0 aliphatic carbocycles. The molecule has 0 bridgehead atoms. The molecule has 1 aliphatic heterocycles. The second-order valence-electron chi connectivity index (χ2n) is 7.80. The number of carbonyl (C=O) groups is 1. The summed E-state index contributed by atoms with van der Waals surface area (Å²) < 4.78 is 11.2. The van der Waals surface area contributed by atoms with Gasteiger partial charge in [-0.3, -0.25) is 4.79 Å². The topological polar surface area (TPSA) is 90.6 Å². The van der Waals surface area contributed by atoms with Crippen molar-refractivity contribution in [3.05, 3.63) is 41.9 Å². The van der Waals surface area contributed by atoms with Crippen LogP contribution in [0.25, 0.3) is 0 Å². The molecule has 1 saturated heterocycles. The van der Waals surface area contributed by atoms with E-state index in [-0.39, 0.29) is 11.8 Å². The minimum atomic E-state index is -0.879. The first-order valence-electron chi connectivity index (χ1n) is 9.52. The maximum absolute atomic E-state index is 12.6. The largest absolute Gasteiger partial charge is 0.497 e. The Hall–Kier alpha value is -2.67. The lowest BCUT2D eigenvalue weighted by atomic mass is 9.94. The zero-order chi connectivity index (χ0) is 20.3. The first-order valence-corrected chi connectivity index (χ1v) is 9.52. The van der Waals surface area contributed by atoms with E-state index in [4.69, 9.17) is 15.2 Å². The second-order valence-corrected chi connectivity index (χ2v) is 7.80. The summed E-state index contributed by atoms with van der Waals surface area (Å²) in [5.74, 6) is 2.57. The lowest BCUT2D eigenvalue weighted by Crippen LogP contribution is -2.53. The number of amides is 1. The molecule has 0 radical (unpaired) electrons. The van der Waals surface area contributed by atoms with E-state index in [0.717, 1.165) is 25.1 Å². The van der Waals surface area contributed by atoms with Crippen molar-refractivity contribution in [3.63, 3.8) is 0 Å². The lowest BCUT2D eigenvalue weighted by molar-refractivity contribution is -0.137. The molecule has 2 aromatic rings. The van der Waals surface area contributed by atoms with Gasteiger partial charge >= 0.3 is 0 Å². The summed E-state index contributed by atoms with van der Waals surface area (Å²) in [6.07, 6.45) is 1.83. The fourth-order valence-electron chi connectivity index (χ4n) is 3.36. The van der Waals surface area contributed by atoms with Crippen molar-refractivity contribution >= 4 is 5.91 Å². The maximum atomic E-state index is 12.6. The molecular formula is C21H28N4O3. The number of carbonyl (C=O) groups excluding carboxylic acids is 1. The van der Waals surface area contributed by atoms with E-state index in [0.29, 0.717) is 29.7 Å². The van der Waals surface area contributed by atoms with Crippen LogP contribution < -0.4 is 15.2 Å². The summed E-state index contributed by atoms with van der Waals surface area (Å²) in [6, 6.07) is 9.18. The number of hydrogen-bond acceptors (Lipinski definition) is 6. The third-order valence-electron chi connectivity index (χ3n) is 4.74. The third kappa shape index (κ3) is 4.78. The fraction of sp³-hybridized carbons (Fsp3) is 0.476. The van der Waals surface area contributed by atoms with Gasteiger partial charge in [-0.1, -0.05) is 6.07 Å². The van der Waals surface area contributed by atoms with Crippen LogP contribution in [0.15, 0.2) is 30.3 Å². The van der Waals surface area contributed by atoms with Crippen molar-refractivity contribution in [2.45, 2.75) is 45.1 Å². The Morgan fingerprint density at radius 1 is 1.25 bits per heavy atom. The quantitative estimate of drug-likeness (QED) is 0.852. The minimum absolute atomic E-state index is 0.0438. The van der Waals surface area contributed by atoms with Gasteiger partial charge in [-0.05, 0) is 45.7 Å². The third-order valence-corrected chi connectivity index (χ3v) is 4.74. The molecule has 3 rings (SSSR count). The number of hydrogen-bond donors (Lipinski definition) is 1. The standard InChI is InChI=1S/C21H28N4O3/c1-14-11-18(28-17-9-5-8-16(12-17)27-4)24-19(23-14)15-7-6-10-25(13-15)20(26)21(2,3)22/h5,8-9,11-12,15H,6-7,10,13,22H2,1-4H3. The van der Waals surface area contributed by atoms with Gasteiger partial charge in [0.05, 0.1) is 12.6 Å². The van der Waals surface area contributed by atoms with Crippen LogP contribution in [-0.2, 0) is 4.79 Å². The molecule has 1 aromatic carbocycles. The Kier molecular flexibility index (Phi) is 5.84. The van der Waals surface area contributed by atoms with E-state index in [1.807, 2.05) is 36.1 Å². The highest BCUT2D eigenvalue weighted by Gasteiger charge is 2.33. The number of ether oxygens (including phenoxy) is 2. The number of benzene rings is 1. The number of nitrogens with two attached hydrogens (primary N) is 1. The van der Waals surface area contributed by atoms with Crippen LogP contribution in [0.4, 0.5) is 0 Å². The predicted octanol–water partition coefficient (Wildman–Crippen LogP) is 3.03. The number of rotatable bonds is 5.